The molecule has 0 saturated heterocycles. The van der Waals surface area contributed by atoms with E-state index in [0.717, 1.165) is 22.5 Å². The first-order chi connectivity index (χ1) is 11.5. The smallest absolute Gasteiger partial charge is 0.268 e. The van der Waals surface area contributed by atoms with Gasteiger partial charge >= 0.3 is 0 Å². The topological polar surface area (TPSA) is 61.1 Å². The number of benzene rings is 1. The van der Waals surface area contributed by atoms with E-state index in [-0.39, 0.29) is 11.9 Å². The maximum absolute atomic E-state index is 12.6. The third-order valence-electron chi connectivity index (χ3n) is 4.27. The average molecular weight is 326 g/mol. The normalized spacial score (nSPS) is 12.3. The molecule has 1 amide bonds. The quantitative estimate of drug-likeness (QED) is 0.782. The van der Waals surface area contributed by atoms with E-state index in [2.05, 4.69) is 10.3 Å². The Morgan fingerprint density at radius 1 is 1.33 bits per heavy atom. The van der Waals surface area contributed by atoms with Gasteiger partial charge in [0.25, 0.3) is 5.91 Å². The summed E-state index contributed by atoms with van der Waals surface area (Å²) < 4.78 is 9.11. The minimum Gasteiger partial charge on any atom is -0.497 e. The molecule has 0 saturated carbocycles. The van der Waals surface area contributed by atoms with E-state index in [4.69, 9.17) is 4.74 Å². The first-order valence-corrected chi connectivity index (χ1v) is 7.90. The number of aryl methyl sites for hydroxylation is 2. The molecule has 2 heterocycles. The van der Waals surface area contributed by atoms with Crippen LogP contribution in [0.2, 0.25) is 0 Å². The van der Waals surface area contributed by atoms with E-state index in [0.29, 0.717) is 12.1 Å². The molecule has 0 fully saturated rings. The minimum absolute atomic E-state index is 0.00820. The molecular formula is C18H22N4O2. The molecule has 0 aliphatic carbocycles. The van der Waals surface area contributed by atoms with Crippen LogP contribution in [0.5, 0.6) is 5.75 Å². The number of fused-ring (bicyclic) bond motifs is 1. The van der Waals surface area contributed by atoms with Gasteiger partial charge in [-0.05, 0) is 25.1 Å². The molecule has 3 aromatic rings. The average Bonchev–Trinajstić information content (AvgIpc) is 3.11. The lowest BCUT2D eigenvalue weighted by Gasteiger charge is -2.14. The van der Waals surface area contributed by atoms with Crippen molar-refractivity contribution in [2.24, 2.45) is 14.1 Å². The lowest BCUT2D eigenvalue weighted by atomic mass is 10.2. The number of carbonyl (C=O) groups excluding carboxylic acids is 1. The second kappa shape index (κ2) is 6.39. The molecular weight excluding hydrogens is 304 g/mol. The Morgan fingerprint density at radius 3 is 2.79 bits per heavy atom. The number of aromatic nitrogens is 3. The number of carbonyl (C=O) groups is 1. The Morgan fingerprint density at radius 2 is 2.12 bits per heavy atom. The van der Waals surface area contributed by atoms with Gasteiger partial charge in [0.15, 0.2) is 0 Å². The summed E-state index contributed by atoms with van der Waals surface area (Å²) in [6.45, 7) is 1.98. The summed E-state index contributed by atoms with van der Waals surface area (Å²) in [5.74, 6) is 1.64. The van der Waals surface area contributed by atoms with Crippen molar-refractivity contribution in [3.8, 4) is 5.75 Å². The van der Waals surface area contributed by atoms with Crippen LogP contribution in [0.15, 0.2) is 36.7 Å². The van der Waals surface area contributed by atoms with Crippen LogP contribution in [0.1, 0.15) is 23.2 Å². The molecule has 1 unspecified atom stereocenters. The minimum atomic E-state index is -0.0885. The molecule has 0 aliphatic rings. The van der Waals surface area contributed by atoms with Crippen molar-refractivity contribution in [2.75, 3.05) is 7.11 Å². The standard InChI is InChI=1S/C18H22N4O2/c1-12(9-17-19-7-8-21(17)2)20-18(23)16-10-13-5-6-14(24-4)11-15(13)22(16)3/h5-8,10-12H,9H2,1-4H3,(H,20,23). The molecule has 3 rings (SSSR count). The Labute approximate surface area is 141 Å². The van der Waals surface area contributed by atoms with Crippen molar-refractivity contribution in [1.29, 1.82) is 0 Å². The number of hydrogen-bond acceptors (Lipinski definition) is 3. The lowest BCUT2D eigenvalue weighted by molar-refractivity contribution is 0.0932. The zero-order valence-electron chi connectivity index (χ0n) is 14.4. The van der Waals surface area contributed by atoms with Crippen LogP contribution in [0.3, 0.4) is 0 Å². The van der Waals surface area contributed by atoms with E-state index >= 15 is 0 Å². The van der Waals surface area contributed by atoms with Gasteiger partial charge < -0.3 is 19.2 Å². The second-order valence-electron chi connectivity index (χ2n) is 6.05. The lowest BCUT2D eigenvalue weighted by Crippen LogP contribution is -2.35. The summed E-state index contributed by atoms with van der Waals surface area (Å²) in [6.07, 6.45) is 4.36. The highest BCUT2D eigenvalue weighted by atomic mass is 16.5. The maximum Gasteiger partial charge on any atom is 0.268 e. The second-order valence-corrected chi connectivity index (χ2v) is 6.05. The number of ether oxygens (including phenoxy) is 1. The molecule has 0 spiro atoms. The van der Waals surface area contributed by atoms with Crippen molar-refractivity contribution < 1.29 is 9.53 Å². The van der Waals surface area contributed by atoms with Gasteiger partial charge in [0, 0.05) is 50.4 Å². The molecule has 0 bridgehead atoms. The van der Waals surface area contributed by atoms with Gasteiger partial charge in [-0.3, -0.25) is 4.79 Å². The molecule has 1 aromatic carbocycles. The highest BCUT2D eigenvalue weighted by Crippen LogP contribution is 2.23. The van der Waals surface area contributed by atoms with Gasteiger partial charge in [-0.25, -0.2) is 4.98 Å². The molecule has 1 atom stereocenters. The van der Waals surface area contributed by atoms with Gasteiger partial charge in [0.05, 0.1) is 12.6 Å². The highest BCUT2D eigenvalue weighted by molar-refractivity contribution is 5.99. The Bertz CT molecular complexity index is 878. The molecule has 0 aliphatic heterocycles. The number of nitrogens with one attached hydrogen (secondary N) is 1. The number of amides is 1. The SMILES string of the molecule is COc1ccc2cc(C(=O)NC(C)Cc3nccn3C)n(C)c2c1. The van der Waals surface area contributed by atoms with Crippen LogP contribution < -0.4 is 10.1 Å². The fourth-order valence-corrected chi connectivity index (χ4v) is 2.87. The van der Waals surface area contributed by atoms with E-state index in [1.54, 1.807) is 13.3 Å². The van der Waals surface area contributed by atoms with Gasteiger partial charge in [0.1, 0.15) is 17.3 Å². The highest BCUT2D eigenvalue weighted by Gasteiger charge is 2.17. The largest absolute Gasteiger partial charge is 0.497 e. The molecule has 24 heavy (non-hydrogen) atoms. The Hall–Kier alpha value is -2.76. The van der Waals surface area contributed by atoms with Crippen molar-refractivity contribution in [1.82, 2.24) is 19.4 Å². The molecule has 1 N–H and O–H groups in total. The van der Waals surface area contributed by atoms with Crippen LogP contribution in [0.25, 0.3) is 10.9 Å². The van der Waals surface area contributed by atoms with Crippen LogP contribution in [-0.4, -0.2) is 33.2 Å². The molecule has 6 nitrogen and oxygen atoms in total. The van der Waals surface area contributed by atoms with Crippen molar-refractivity contribution >= 4 is 16.8 Å². The van der Waals surface area contributed by atoms with Crippen LogP contribution in [0.4, 0.5) is 0 Å². The molecule has 126 valence electrons. The number of nitrogens with zero attached hydrogens (tertiary/aromatic N) is 3. The predicted molar refractivity (Wildman–Crippen MR) is 93.3 cm³/mol. The number of hydrogen-bond donors (Lipinski definition) is 1. The van der Waals surface area contributed by atoms with Gasteiger partial charge in [-0.1, -0.05) is 0 Å². The summed E-state index contributed by atoms with van der Waals surface area (Å²) in [5, 5.41) is 4.06. The molecule has 6 heteroatoms. The van der Waals surface area contributed by atoms with Gasteiger partial charge in [-0.2, -0.15) is 0 Å². The zero-order valence-corrected chi connectivity index (χ0v) is 14.4. The van der Waals surface area contributed by atoms with Crippen LogP contribution >= 0.6 is 0 Å². The Balaban J connectivity index is 1.78. The fraction of sp³-hybridized carbons (Fsp3) is 0.333. The fourth-order valence-electron chi connectivity index (χ4n) is 2.87. The van der Waals surface area contributed by atoms with Gasteiger partial charge in [-0.15, -0.1) is 0 Å². The third-order valence-corrected chi connectivity index (χ3v) is 4.27. The first kappa shape index (κ1) is 16.1. The predicted octanol–water partition coefficient (Wildman–Crippen LogP) is 2.28. The van der Waals surface area contributed by atoms with E-state index in [1.807, 2.05) is 60.6 Å². The third kappa shape index (κ3) is 2.99. The summed E-state index contributed by atoms with van der Waals surface area (Å²) in [4.78, 5) is 16.9. The van der Waals surface area contributed by atoms with Crippen molar-refractivity contribution in [3.63, 3.8) is 0 Å². The summed E-state index contributed by atoms with van der Waals surface area (Å²) in [6, 6.07) is 7.68. The summed E-state index contributed by atoms with van der Waals surface area (Å²) in [7, 11) is 5.48. The van der Waals surface area contributed by atoms with E-state index in [9.17, 15) is 4.79 Å². The summed E-state index contributed by atoms with van der Waals surface area (Å²) in [5.41, 5.74) is 1.60. The first-order valence-electron chi connectivity index (χ1n) is 7.90. The van der Waals surface area contributed by atoms with Crippen LogP contribution in [0, 0.1) is 0 Å². The zero-order chi connectivity index (χ0) is 17.3. The number of imidazole rings is 1. The maximum atomic E-state index is 12.6. The summed E-state index contributed by atoms with van der Waals surface area (Å²) >= 11 is 0. The van der Waals surface area contributed by atoms with Crippen LogP contribution in [-0.2, 0) is 20.5 Å². The van der Waals surface area contributed by atoms with E-state index in [1.165, 1.54) is 0 Å². The molecule has 0 radical (unpaired) electrons. The molecule has 2 aromatic heterocycles. The number of methoxy groups -OCH3 is 1. The van der Waals surface area contributed by atoms with Gasteiger partial charge in [0.2, 0.25) is 0 Å². The number of rotatable bonds is 5. The van der Waals surface area contributed by atoms with E-state index < -0.39 is 0 Å². The van der Waals surface area contributed by atoms with Crippen molar-refractivity contribution in [3.05, 3.63) is 48.2 Å². The monoisotopic (exact) mass is 326 g/mol. The van der Waals surface area contributed by atoms with Crippen molar-refractivity contribution in [2.45, 2.75) is 19.4 Å². The Kier molecular flexibility index (Phi) is 4.29.